The SMILES string of the molecule is CCOC(=O)[C@@H]1CC(Cn2nc(Br)cc2Br)(C(=O)OCC)CN1C(=O)OC(C)(C)C. The molecule has 0 N–H and O–H groups in total. The molecule has 0 saturated carbocycles. The van der Waals surface area contributed by atoms with Crippen LogP contribution in [-0.4, -0.2) is 64.1 Å². The molecular formula is C19H27Br2N3O6. The maximum Gasteiger partial charge on any atom is 0.411 e. The summed E-state index contributed by atoms with van der Waals surface area (Å²) in [5, 5.41) is 4.32. The summed E-state index contributed by atoms with van der Waals surface area (Å²) in [6.45, 7) is 8.95. The highest BCUT2D eigenvalue weighted by molar-refractivity contribution is 9.11. The van der Waals surface area contributed by atoms with Crippen molar-refractivity contribution in [3.63, 3.8) is 0 Å². The van der Waals surface area contributed by atoms with Gasteiger partial charge in [0.2, 0.25) is 0 Å². The number of rotatable bonds is 6. The number of carbonyl (C=O) groups is 3. The minimum atomic E-state index is -1.20. The molecule has 1 aromatic heterocycles. The van der Waals surface area contributed by atoms with Gasteiger partial charge >= 0.3 is 18.0 Å². The van der Waals surface area contributed by atoms with Crippen LogP contribution >= 0.6 is 31.9 Å². The monoisotopic (exact) mass is 551 g/mol. The van der Waals surface area contributed by atoms with E-state index in [1.54, 1.807) is 45.4 Å². The summed E-state index contributed by atoms with van der Waals surface area (Å²) in [4.78, 5) is 39.8. The summed E-state index contributed by atoms with van der Waals surface area (Å²) in [6, 6.07) is 0.768. The normalized spacial score (nSPS) is 21.4. The Morgan fingerprint density at radius 1 is 1.20 bits per heavy atom. The van der Waals surface area contributed by atoms with Gasteiger partial charge in [-0.15, -0.1) is 0 Å². The molecule has 0 aliphatic carbocycles. The van der Waals surface area contributed by atoms with E-state index in [4.69, 9.17) is 14.2 Å². The second kappa shape index (κ2) is 9.67. The van der Waals surface area contributed by atoms with Crippen molar-refractivity contribution in [2.75, 3.05) is 19.8 Å². The summed E-state index contributed by atoms with van der Waals surface area (Å²) in [5.74, 6) is -1.10. The first-order chi connectivity index (χ1) is 13.9. The molecule has 11 heteroatoms. The van der Waals surface area contributed by atoms with E-state index in [-0.39, 0.29) is 32.7 Å². The Kier molecular flexibility index (Phi) is 7.95. The van der Waals surface area contributed by atoms with Gasteiger partial charge in [-0.1, -0.05) is 0 Å². The largest absolute Gasteiger partial charge is 0.465 e. The van der Waals surface area contributed by atoms with Crippen LogP contribution in [0.25, 0.3) is 0 Å². The van der Waals surface area contributed by atoms with Gasteiger partial charge in [-0.05, 0) is 72.9 Å². The van der Waals surface area contributed by atoms with Gasteiger partial charge < -0.3 is 14.2 Å². The van der Waals surface area contributed by atoms with Crippen molar-refractivity contribution in [1.82, 2.24) is 14.7 Å². The summed E-state index contributed by atoms with van der Waals surface area (Å²) < 4.78 is 18.8. The number of carbonyl (C=O) groups excluding carboxylic acids is 3. The molecule has 168 valence electrons. The Morgan fingerprint density at radius 3 is 2.33 bits per heavy atom. The number of esters is 2. The average Bonchev–Trinajstić information content (AvgIpc) is 3.15. The van der Waals surface area contributed by atoms with E-state index in [0.29, 0.717) is 9.21 Å². The maximum absolute atomic E-state index is 13.0. The molecule has 1 aromatic rings. The van der Waals surface area contributed by atoms with Crippen LogP contribution in [0.15, 0.2) is 15.3 Å². The molecule has 1 aliphatic rings. The number of hydrogen-bond acceptors (Lipinski definition) is 7. The first-order valence-electron chi connectivity index (χ1n) is 9.64. The predicted octanol–water partition coefficient (Wildman–Crippen LogP) is 3.53. The van der Waals surface area contributed by atoms with Crippen LogP contribution in [0.3, 0.4) is 0 Å². The van der Waals surface area contributed by atoms with Gasteiger partial charge in [0.05, 0.1) is 19.8 Å². The first-order valence-corrected chi connectivity index (χ1v) is 11.2. The molecular weight excluding hydrogens is 526 g/mol. The molecule has 1 saturated heterocycles. The van der Waals surface area contributed by atoms with E-state index < -0.39 is 35.1 Å². The zero-order valence-electron chi connectivity index (χ0n) is 17.7. The second-order valence-corrected chi connectivity index (χ2v) is 9.65. The summed E-state index contributed by atoms with van der Waals surface area (Å²) in [7, 11) is 0. The number of halogens is 2. The minimum Gasteiger partial charge on any atom is -0.465 e. The van der Waals surface area contributed by atoms with Crippen LogP contribution in [0.4, 0.5) is 4.79 Å². The van der Waals surface area contributed by atoms with Gasteiger partial charge in [-0.3, -0.25) is 14.4 Å². The van der Waals surface area contributed by atoms with Gasteiger partial charge in [0.15, 0.2) is 0 Å². The maximum atomic E-state index is 13.0. The first kappa shape index (κ1) is 24.6. The quantitative estimate of drug-likeness (QED) is 0.393. The smallest absolute Gasteiger partial charge is 0.411 e. The number of likely N-dealkylation sites (tertiary alicyclic amines) is 1. The Labute approximate surface area is 192 Å². The fourth-order valence-electron chi connectivity index (χ4n) is 3.32. The molecule has 30 heavy (non-hydrogen) atoms. The summed E-state index contributed by atoms with van der Waals surface area (Å²) in [6.07, 6.45) is -0.652. The van der Waals surface area contributed by atoms with E-state index in [0.717, 1.165) is 0 Å². The van der Waals surface area contributed by atoms with Gasteiger partial charge in [0.1, 0.15) is 26.3 Å². The standard InChI is InChI=1S/C19H27Br2N3O6/c1-6-28-15(25)12-9-19(16(26)29-7-2,11-24-14(21)8-13(20)22-24)10-23(12)17(27)30-18(3,4)5/h8,12H,6-7,9-11H2,1-5H3/t12-,19?/m0/s1. The second-order valence-electron chi connectivity index (χ2n) is 8.03. The van der Waals surface area contributed by atoms with E-state index in [2.05, 4.69) is 37.0 Å². The highest BCUT2D eigenvalue weighted by atomic mass is 79.9. The van der Waals surface area contributed by atoms with Crippen LogP contribution in [0.2, 0.25) is 0 Å². The summed E-state index contributed by atoms with van der Waals surface area (Å²) in [5.41, 5.74) is -1.96. The molecule has 1 fully saturated rings. The van der Waals surface area contributed by atoms with Crippen molar-refractivity contribution in [2.24, 2.45) is 5.41 Å². The molecule has 1 unspecified atom stereocenters. The average molecular weight is 553 g/mol. The highest BCUT2D eigenvalue weighted by Crippen LogP contribution is 2.40. The van der Waals surface area contributed by atoms with Crippen LogP contribution in [0.1, 0.15) is 41.0 Å². The third kappa shape index (κ3) is 5.75. The van der Waals surface area contributed by atoms with Crippen LogP contribution in [0, 0.1) is 5.41 Å². The number of ether oxygens (including phenoxy) is 3. The van der Waals surface area contributed by atoms with Gasteiger partial charge in [-0.25, -0.2) is 9.59 Å². The molecule has 1 amide bonds. The zero-order valence-corrected chi connectivity index (χ0v) is 20.9. The summed E-state index contributed by atoms with van der Waals surface area (Å²) >= 11 is 6.72. The van der Waals surface area contributed by atoms with E-state index >= 15 is 0 Å². The third-order valence-corrected chi connectivity index (χ3v) is 5.51. The van der Waals surface area contributed by atoms with Crippen molar-refractivity contribution in [3.05, 3.63) is 15.3 Å². The topological polar surface area (TPSA) is 100.0 Å². The van der Waals surface area contributed by atoms with Gasteiger partial charge in [0.25, 0.3) is 0 Å². The molecule has 0 bridgehead atoms. The number of aromatic nitrogens is 2. The number of hydrogen-bond donors (Lipinski definition) is 0. The van der Waals surface area contributed by atoms with Gasteiger partial charge in [0, 0.05) is 12.6 Å². The zero-order chi connectivity index (χ0) is 22.7. The third-order valence-electron chi connectivity index (χ3n) is 4.48. The Balaban J connectivity index is 2.45. The molecule has 2 atom stereocenters. The molecule has 0 radical (unpaired) electrons. The van der Waals surface area contributed by atoms with Gasteiger partial charge in [-0.2, -0.15) is 5.10 Å². The van der Waals surface area contributed by atoms with E-state index in [1.165, 1.54) is 4.90 Å². The van der Waals surface area contributed by atoms with Crippen molar-refractivity contribution in [3.8, 4) is 0 Å². The minimum absolute atomic E-state index is 0.0355. The lowest BCUT2D eigenvalue weighted by atomic mass is 9.85. The number of nitrogens with zero attached hydrogens (tertiary/aromatic N) is 3. The predicted molar refractivity (Wildman–Crippen MR) is 115 cm³/mol. The van der Waals surface area contributed by atoms with Crippen LogP contribution in [-0.2, 0) is 30.3 Å². The lowest BCUT2D eigenvalue weighted by Gasteiger charge is -2.29. The Hall–Kier alpha value is -1.62. The lowest BCUT2D eigenvalue weighted by molar-refractivity contribution is -0.156. The molecule has 0 spiro atoms. The number of amides is 1. The molecule has 1 aliphatic heterocycles. The highest BCUT2D eigenvalue weighted by Gasteiger charge is 2.56. The molecule has 0 aromatic carbocycles. The molecule has 2 heterocycles. The van der Waals surface area contributed by atoms with Crippen LogP contribution in [0.5, 0.6) is 0 Å². The lowest BCUT2D eigenvalue weighted by Crippen LogP contribution is -2.45. The van der Waals surface area contributed by atoms with Crippen molar-refractivity contribution in [2.45, 2.75) is 59.2 Å². The van der Waals surface area contributed by atoms with Crippen molar-refractivity contribution in [1.29, 1.82) is 0 Å². The fourth-order valence-corrected chi connectivity index (χ4v) is 4.45. The van der Waals surface area contributed by atoms with E-state index in [1.807, 2.05) is 0 Å². The molecule has 2 rings (SSSR count). The van der Waals surface area contributed by atoms with Crippen molar-refractivity contribution >= 4 is 49.9 Å². The Bertz CT molecular complexity index is 807. The molecule has 9 nitrogen and oxygen atoms in total. The fraction of sp³-hybridized carbons (Fsp3) is 0.684. The Morgan fingerprint density at radius 2 is 1.83 bits per heavy atom. The van der Waals surface area contributed by atoms with Crippen molar-refractivity contribution < 1.29 is 28.6 Å². The van der Waals surface area contributed by atoms with E-state index in [9.17, 15) is 14.4 Å². The van der Waals surface area contributed by atoms with Crippen LogP contribution < -0.4 is 0 Å².